The molecular weight excluding hydrogens is 208 g/mol. The summed E-state index contributed by atoms with van der Waals surface area (Å²) in [6.07, 6.45) is -0.0215. The second-order valence-electron chi connectivity index (χ2n) is 5.32. The summed E-state index contributed by atoms with van der Waals surface area (Å²) in [5.74, 6) is -0.394. The summed E-state index contributed by atoms with van der Waals surface area (Å²) in [6, 6.07) is -0.575. The van der Waals surface area contributed by atoms with Gasteiger partial charge in [-0.15, -0.1) is 0 Å². The van der Waals surface area contributed by atoms with Crippen LogP contribution in [0.15, 0.2) is 0 Å². The number of hydrogen-bond donors (Lipinski definition) is 2. The van der Waals surface area contributed by atoms with E-state index < -0.39 is 12.1 Å². The van der Waals surface area contributed by atoms with E-state index in [9.17, 15) is 14.7 Å². The zero-order valence-electron chi connectivity index (χ0n) is 10.1. The van der Waals surface area contributed by atoms with Crippen molar-refractivity contribution in [2.45, 2.75) is 45.8 Å². The molecule has 1 saturated heterocycles. The van der Waals surface area contributed by atoms with E-state index in [1.54, 1.807) is 6.92 Å². The van der Waals surface area contributed by atoms with Crippen molar-refractivity contribution in [3.63, 3.8) is 0 Å². The van der Waals surface area contributed by atoms with Crippen molar-refractivity contribution in [1.29, 1.82) is 0 Å². The Morgan fingerprint density at radius 1 is 1.38 bits per heavy atom. The summed E-state index contributed by atoms with van der Waals surface area (Å²) in [5, 5.41) is 9.25. The van der Waals surface area contributed by atoms with Crippen LogP contribution in [0.2, 0.25) is 0 Å². The Hall–Kier alpha value is -0.940. The number of nitrogens with zero attached hydrogens (tertiary/aromatic N) is 1. The molecule has 3 N–H and O–H groups in total. The first-order valence-electron chi connectivity index (χ1n) is 5.50. The minimum absolute atomic E-state index is 0.103. The molecule has 5 heteroatoms. The second-order valence-corrected chi connectivity index (χ2v) is 5.32. The van der Waals surface area contributed by atoms with E-state index >= 15 is 0 Å². The lowest BCUT2D eigenvalue weighted by atomic mass is 9.81. The highest BCUT2D eigenvalue weighted by molar-refractivity contribution is 5.98. The first-order valence-corrected chi connectivity index (χ1v) is 5.50. The predicted octanol–water partition coefficient (Wildman–Crippen LogP) is -0.130. The van der Waals surface area contributed by atoms with Crippen molar-refractivity contribution < 1.29 is 14.7 Å². The third-order valence-electron chi connectivity index (χ3n) is 2.87. The molecule has 0 radical (unpaired) electrons. The van der Waals surface area contributed by atoms with Gasteiger partial charge < -0.3 is 10.8 Å². The number of piperidine rings is 1. The van der Waals surface area contributed by atoms with Gasteiger partial charge in [0.25, 0.3) is 0 Å². The molecule has 0 saturated carbocycles. The summed E-state index contributed by atoms with van der Waals surface area (Å²) in [5.41, 5.74) is 5.38. The Morgan fingerprint density at radius 3 is 2.19 bits per heavy atom. The summed E-state index contributed by atoms with van der Waals surface area (Å²) in [7, 11) is 0. The van der Waals surface area contributed by atoms with E-state index in [1.807, 2.05) is 13.8 Å². The number of nitrogens with two attached hydrogens (primary N) is 1. The lowest BCUT2D eigenvalue weighted by Crippen LogP contribution is -2.52. The topological polar surface area (TPSA) is 83.6 Å². The molecule has 5 nitrogen and oxygen atoms in total. The quantitative estimate of drug-likeness (QED) is 0.659. The zero-order chi connectivity index (χ0) is 12.5. The number of hydrogen-bond acceptors (Lipinski definition) is 4. The Labute approximate surface area is 95.6 Å². The van der Waals surface area contributed by atoms with Gasteiger partial charge in [-0.2, -0.15) is 0 Å². The minimum atomic E-state index is -0.726. The summed E-state index contributed by atoms with van der Waals surface area (Å²) < 4.78 is 0. The van der Waals surface area contributed by atoms with Crippen molar-refractivity contribution in [2.75, 3.05) is 6.54 Å². The van der Waals surface area contributed by atoms with Crippen molar-refractivity contribution in [2.24, 2.45) is 11.1 Å². The SMILES string of the molecule is CC(O)C(N)CN1C(=O)CC(C)(C)CC1=O. The van der Waals surface area contributed by atoms with Gasteiger partial charge in [0.15, 0.2) is 0 Å². The van der Waals surface area contributed by atoms with E-state index in [2.05, 4.69) is 0 Å². The average molecular weight is 228 g/mol. The van der Waals surface area contributed by atoms with Gasteiger partial charge in [-0.25, -0.2) is 0 Å². The maximum Gasteiger partial charge on any atom is 0.229 e. The Morgan fingerprint density at radius 2 is 1.81 bits per heavy atom. The molecule has 0 spiro atoms. The fourth-order valence-electron chi connectivity index (χ4n) is 1.78. The van der Waals surface area contributed by atoms with E-state index in [4.69, 9.17) is 5.73 Å². The smallest absolute Gasteiger partial charge is 0.229 e. The van der Waals surface area contributed by atoms with Crippen LogP contribution in [-0.2, 0) is 9.59 Å². The summed E-state index contributed by atoms with van der Waals surface area (Å²) in [4.78, 5) is 24.7. The van der Waals surface area contributed by atoms with E-state index in [0.29, 0.717) is 12.8 Å². The highest BCUT2D eigenvalue weighted by Crippen LogP contribution is 2.31. The van der Waals surface area contributed by atoms with Crippen molar-refractivity contribution in [1.82, 2.24) is 4.90 Å². The van der Waals surface area contributed by atoms with Gasteiger partial charge in [-0.3, -0.25) is 14.5 Å². The lowest BCUT2D eigenvalue weighted by molar-refractivity contribution is -0.153. The van der Waals surface area contributed by atoms with Crippen LogP contribution < -0.4 is 5.73 Å². The first-order chi connectivity index (χ1) is 7.23. The van der Waals surface area contributed by atoms with Gasteiger partial charge in [-0.05, 0) is 12.3 Å². The summed E-state index contributed by atoms with van der Waals surface area (Å²) in [6.45, 7) is 5.45. The number of aliphatic hydroxyl groups is 1. The largest absolute Gasteiger partial charge is 0.392 e. The van der Waals surface area contributed by atoms with Crippen LogP contribution in [0.4, 0.5) is 0 Å². The maximum atomic E-state index is 11.7. The standard InChI is InChI=1S/C11H20N2O3/c1-7(14)8(12)6-13-9(15)4-11(2,3)5-10(13)16/h7-8,14H,4-6,12H2,1-3H3. The third-order valence-corrected chi connectivity index (χ3v) is 2.87. The molecule has 2 amide bonds. The van der Waals surface area contributed by atoms with E-state index in [0.717, 1.165) is 0 Å². The van der Waals surface area contributed by atoms with Crippen LogP contribution >= 0.6 is 0 Å². The van der Waals surface area contributed by atoms with Gasteiger partial charge in [0.2, 0.25) is 11.8 Å². The molecule has 1 aliphatic heterocycles. The molecule has 0 bridgehead atoms. The highest BCUT2D eigenvalue weighted by atomic mass is 16.3. The van der Waals surface area contributed by atoms with Gasteiger partial charge in [-0.1, -0.05) is 13.8 Å². The average Bonchev–Trinajstić information content (AvgIpc) is 2.09. The molecule has 1 aliphatic rings. The number of likely N-dealkylation sites (tertiary alicyclic amines) is 1. The first kappa shape index (κ1) is 13.1. The fraction of sp³-hybridized carbons (Fsp3) is 0.818. The second kappa shape index (κ2) is 4.51. The number of aliphatic hydroxyl groups excluding tert-OH is 1. The highest BCUT2D eigenvalue weighted by Gasteiger charge is 2.38. The van der Waals surface area contributed by atoms with E-state index in [-0.39, 0.29) is 23.8 Å². The van der Waals surface area contributed by atoms with Crippen molar-refractivity contribution >= 4 is 11.8 Å². The van der Waals surface area contributed by atoms with Gasteiger partial charge in [0.05, 0.1) is 6.10 Å². The molecule has 1 fully saturated rings. The molecule has 2 unspecified atom stereocenters. The van der Waals surface area contributed by atoms with Crippen LogP contribution in [0, 0.1) is 5.41 Å². The number of imide groups is 1. The molecule has 0 aromatic rings. The van der Waals surface area contributed by atoms with Crippen LogP contribution in [0.1, 0.15) is 33.6 Å². The lowest BCUT2D eigenvalue weighted by Gasteiger charge is -2.36. The molecule has 2 atom stereocenters. The van der Waals surface area contributed by atoms with Crippen LogP contribution in [0.3, 0.4) is 0 Å². The third kappa shape index (κ3) is 3.02. The summed E-state index contributed by atoms with van der Waals surface area (Å²) >= 11 is 0. The maximum absolute atomic E-state index is 11.7. The monoisotopic (exact) mass is 228 g/mol. The van der Waals surface area contributed by atoms with Crippen LogP contribution in [-0.4, -0.2) is 40.5 Å². The van der Waals surface area contributed by atoms with Crippen LogP contribution in [0.5, 0.6) is 0 Å². The Kier molecular flexibility index (Phi) is 3.70. The Balaban J connectivity index is 2.68. The molecule has 92 valence electrons. The molecular formula is C11H20N2O3. The van der Waals surface area contributed by atoms with Crippen molar-refractivity contribution in [3.05, 3.63) is 0 Å². The molecule has 0 aromatic heterocycles. The molecule has 1 heterocycles. The van der Waals surface area contributed by atoms with Gasteiger partial charge in [0, 0.05) is 25.4 Å². The predicted molar refractivity (Wildman–Crippen MR) is 59.4 cm³/mol. The number of rotatable bonds is 3. The Bertz CT molecular complexity index is 280. The van der Waals surface area contributed by atoms with Crippen LogP contribution in [0.25, 0.3) is 0 Å². The number of carbonyl (C=O) groups is 2. The fourth-order valence-corrected chi connectivity index (χ4v) is 1.78. The normalized spacial score (nSPS) is 24.4. The number of amides is 2. The number of carbonyl (C=O) groups excluding carboxylic acids is 2. The molecule has 0 aromatic carbocycles. The molecule has 0 aliphatic carbocycles. The van der Waals surface area contributed by atoms with Gasteiger partial charge >= 0.3 is 0 Å². The van der Waals surface area contributed by atoms with E-state index in [1.165, 1.54) is 4.90 Å². The molecule has 16 heavy (non-hydrogen) atoms. The molecule has 1 rings (SSSR count). The van der Waals surface area contributed by atoms with Crippen molar-refractivity contribution in [3.8, 4) is 0 Å². The zero-order valence-corrected chi connectivity index (χ0v) is 10.1. The van der Waals surface area contributed by atoms with Gasteiger partial charge in [0.1, 0.15) is 0 Å². The minimum Gasteiger partial charge on any atom is -0.392 e.